The highest BCUT2D eigenvalue weighted by Crippen LogP contribution is 2.34. The van der Waals surface area contributed by atoms with Gasteiger partial charge >= 0.3 is 0 Å². The highest BCUT2D eigenvalue weighted by Gasteiger charge is 2.27. The lowest BCUT2D eigenvalue weighted by molar-refractivity contribution is -0.123. The van der Waals surface area contributed by atoms with Crippen molar-refractivity contribution in [2.24, 2.45) is 5.92 Å². The molecule has 2 nitrogen and oxygen atoms in total. The molecular weight excluding hydrogens is 254 g/mol. The summed E-state index contributed by atoms with van der Waals surface area (Å²) < 4.78 is 0. The molecule has 0 saturated heterocycles. The molecule has 2 unspecified atom stereocenters. The SMILES string of the molecule is CC(CCl)CNC(=O)C1CCCc2sccc21. The van der Waals surface area contributed by atoms with Crippen LogP contribution in [0.1, 0.15) is 36.1 Å². The Hall–Kier alpha value is -0.540. The molecule has 1 amide bonds. The first-order valence-corrected chi connectivity index (χ1v) is 7.53. The zero-order chi connectivity index (χ0) is 12.3. The molecule has 0 bridgehead atoms. The van der Waals surface area contributed by atoms with Crippen molar-refractivity contribution in [2.75, 3.05) is 12.4 Å². The van der Waals surface area contributed by atoms with Crippen molar-refractivity contribution < 1.29 is 4.79 Å². The summed E-state index contributed by atoms with van der Waals surface area (Å²) in [4.78, 5) is 13.5. The number of nitrogens with one attached hydrogen (secondary N) is 1. The summed E-state index contributed by atoms with van der Waals surface area (Å²) in [5, 5.41) is 5.11. The minimum Gasteiger partial charge on any atom is -0.355 e. The van der Waals surface area contributed by atoms with Crippen molar-refractivity contribution in [3.05, 3.63) is 21.9 Å². The average Bonchev–Trinajstić information content (AvgIpc) is 2.83. The van der Waals surface area contributed by atoms with Gasteiger partial charge in [-0.3, -0.25) is 4.79 Å². The molecule has 1 N–H and O–H groups in total. The molecule has 1 aromatic heterocycles. The third kappa shape index (κ3) is 3.02. The number of carbonyl (C=O) groups excluding carboxylic acids is 1. The van der Waals surface area contributed by atoms with E-state index >= 15 is 0 Å². The Bertz CT molecular complexity index is 391. The van der Waals surface area contributed by atoms with E-state index in [1.54, 1.807) is 11.3 Å². The lowest BCUT2D eigenvalue weighted by Gasteiger charge is -2.22. The van der Waals surface area contributed by atoms with Crippen LogP contribution in [0.4, 0.5) is 0 Å². The molecule has 2 atom stereocenters. The van der Waals surface area contributed by atoms with Gasteiger partial charge in [-0.2, -0.15) is 0 Å². The Morgan fingerprint density at radius 1 is 1.71 bits per heavy atom. The molecule has 0 spiro atoms. The molecule has 0 fully saturated rings. The fraction of sp³-hybridized carbons (Fsp3) is 0.615. The minimum atomic E-state index is 0.0625. The van der Waals surface area contributed by atoms with Crippen molar-refractivity contribution in [1.82, 2.24) is 5.32 Å². The van der Waals surface area contributed by atoms with Crippen LogP contribution in [0.5, 0.6) is 0 Å². The van der Waals surface area contributed by atoms with E-state index in [2.05, 4.69) is 16.8 Å². The molecule has 0 saturated carbocycles. The molecule has 0 aliphatic heterocycles. The van der Waals surface area contributed by atoms with Gasteiger partial charge in [0.25, 0.3) is 0 Å². The van der Waals surface area contributed by atoms with Crippen LogP contribution in [-0.2, 0) is 11.2 Å². The number of hydrogen-bond donors (Lipinski definition) is 1. The second-order valence-electron chi connectivity index (χ2n) is 4.75. The van der Waals surface area contributed by atoms with Crippen molar-refractivity contribution in [1.29, 1.82) is 0 Å². The Labute approximate surface area is 111 Å². The quantitative estimate of drug-likeness (QED) is 0.838. The summed E-state index contributed by atoms with van der Waals surface area (Å²) in [6.07, 6.45) is 3.23. The van der Waals surface area contributed by atoms with Gasteiger partial charge in [0.1, 0.15) is 0 Å². The number of thiophene rings is 1. The first kappa shape index (κ1) is 12.9. The van der Waals surface area contributed by atoms with Gasteiger partial charge in [-0.15, -0.1) is 22.9 Å². The Kier molecular flexibility index (Phi) is 4.46. The summed E-state index contributed by atoms with van der Waals surface area (Å²) in [5.41, 5.74) is 1.25. The molecule has 17 heavy (non-hydrogen) atoms. The average molecular weight is 272 g/mol. The van der Waals surface area contributed by atoms with Crippen LogP contribution < -0.4 is 5.32 Å². The number of amides is 1. The predicted molar refractivity (Wildman–Crippen MR) is 72.9 cm³/mol. The lowest BCUT2D eigenvalue weighted by Crippen LogP contribution is -2.34. The molecule has 4 heteroatoms. The van der Waals surface area contributed by atoms with Crippen LogP contribution in [-0.4, -0.2) is 18.3 Å². The molecule has 0 radical (unpaired) electrons. The minimum absolute atomic E-state index is 0.0625. The zero-order valence-corrected chi connectivity index (χ0v) is 11.6. The van der Waals surface area contributed by atoms with Crippen LogP contribution in [0.25, 0.3) is 0 Å². The summed E-state index contributed by atoms with van der Waals surface area (Å²) >= 11 is 7.51. The van der Waals surface area contributed by atoms with Gasteiger partial charge in [0.2, 0.25) is 5.91 Å². The van der Waals surface area contributed by atoms with Gasteiger partial charge in [0.05, 0.1) is 5.92 Å². The number of halogens is 1. The largest absolute Gasteiger partial charge is 0.355 e. The molecule has 0 aromatic carbocycles. The topological polar surface area (TPSA) is 29.1 Å². The van der Waals surface area contributed by atoms with E-state index < -0.39 is 0 Å². The summed E-state index contributed by atoms with van der Waals surface area (Å²) in [7, 11) is 0. The Morgan fingerprint density at radius 2 is 2.53 bits per heavy atom. The van der Waals surface area contributed by atoms with Crippen molar-refractivity contribution >= 4 is 28.8 Å². The maximum atomic E-state index is 12.1. The van der Waals surface area contributed by atoms with Crippen molar-refractivity contribution in [3.63, 3.8) is 0 Å². The zero-order valence-electron chi connectivity index (χ0n) is 10.0. The van der Waals surface area contributed by atoms with Crippen molar-refractivity contribution in [3.8, 4) is 0 Å². The lowest BCUT2D eigenvalue weighted by atomic mass is 9.87. The normalized spacial score (nSPS) is 20.7. The standard InChI is InChI=1S/C13H18ClNOS/c1-9(7-14)8-15-13(16)11-3-2-4-12-10(11)5-6-17-12/h5-6,9,11H,2-4,7-8H2,1H3,(H,15,16). The van der Waals surface area contributed by atoms with E-state index in [1.165, 1.54) is 10.4 Å². The molecule has 1 aliphatic carbocycles. The molecule has 1 aliphatic rings. The summed E-state index contributed by atoms with van der Waals surface area (Å²) in [5.74, 6) is 1.16. The van der Waals surface area contributed by atoms with Crippen LogP contribution in [0.3, 0.4) is 0 Å². The van der Waals surface area contributed by atoms with Gasteiger partial charge in [-0.1, -0.05) is 6.92 Å². The summed E-state index contributed by atoms with van der Waals surface area (Å²) in [6, 6.07) is 2.11. The highest BCUT2D eigenvalue weighted by molar-refractivity contribution is 7.10. The van der Waals surface area contributed by atoms with E-state index in [0.29, 0.717) is 18.3 Å². The number of fused-ring (bicyclic) bond motifs is 1. The second-order valence-corrected chi connectivity index (χ2v) is 6.06. The number of rotatable bonds is 4. The number of hydrogen-bond acceptors (Lipinski definition) is 2. The smallest absolute Gasteiger partial charge is 0.227 e. The van der Waals surface area contributed by atoms with Crippen LogP contribution in [0, 0.1) is 5.92 Å². The molecule has 94 valence electrons. The van der Waals surface area contributed by atoms with E-state index in [1.807, 2.05) is 6.92 Å². The van der Waals surface area contributed by atoms with Gasteiger partial charge in [0.15, 0.2) is 0 Å². The number of aryl methyl sites for hydroxylation is 1. The van der Waals surface area contributed by atoms with E-state index in [-0.39, 0.29) is 11.8 Å². The van der Waals surface area contributed by atoms with E-state index in [0.717, 1.165) is 19.3 Å². The van der Waals surface area contributed by atoms with Gasteiger partial charge in [0, 0.05) is 17.3 Å². The molecule has 1 heterocycles. The van der Waals surface area contributed by atoms with E-state index in [4.69, 9.17) is 11.6 Å². The molecular formula is C13H18ClNOS. The number of carbonyl (C=O) groups is 1. The Balaban J connectivity index is 1.97. The Morgan fingerprint density at radius 3 is 3.29 bits per heavy atom. The maximum absolute atomic E-state index is 12.1. The van der Waals surface area contributed by atoms with Crippen LogP contribution in [0.2, 0.25) is 0 Å². The van der Waals surface area contributed by atoms with Crippen LogP contribution in [0.15, 0.2) is 11.4 Å². The van der Waals surface area contributed by atoms with Crippen LogP contribution >= 0.6 is 22.9 Å². The first-order chi connectivity index (χ1) is 8.22. The van der Waals surface area contributed by atoms with Gasteiger partial charge < -0.3 is 5.32 Å². The highest BCUT2D eigenvalue weighted by atomic mass is 35.5. The monoisotopic (exact) mass is 271 g/mol. The third-order valence-corrected chi connectivity index (χ3v) is 4.78. The van der Waals surface area contributed by atoms with Crippen molar-refractivity contribution in [2.45, 2.75) is 32.1 Å². The first-order valence-electron chi connectivity index (χ1n) is 6.12. The fourth-order valence-electron chi connectivity index (χ4n) is 2.21. The molecule has 2 rings (SSSR count). The van der Waals surface area contributed by atoms with Gasteiger partial charge in [-0.25, -0.2) is 0 Å². The second kappa shape index (κ2) is 5.87. The third-order valence-electron chi connectivity index (χ3n) is 3.26. The number of alkyl halides is 1. The van der Waals surface area contributed by atoms with E-state index in [9.17, 15) is 4.79 Å². The van der Waals surface area contributed by atoms with Gasteiger partial charge in [-0.05, 0) is 42.2 Å². The fourth-order valence-corrected chi connectivity index (χ4v) is 3.31. The predicted octanol–water partition coefficient (Wildman–Crippen LogP) is 3.16. The maximum Gasteiger partial charge on any atom is 0.227 e. The molecule has 1 aromatic rings. The summed E-state index contributed by atoms with van der Waals surface area (Å²) in [6.45, 7) is 2.72.